The smallest absolute Gasteiger partial charge is 0.185 e. The van der Waals surface area contributed by atoms with Gasteiger partial charge in [0, 0.05) is 23.7 Å². The Bertz CT molecular complexity index is 829. The summed E-state index contributed by atoms with van der Waals surface area (Å²) in [5, 5.41) is 0.849. The molecule has 0 saturated carbocycles. The maximum absolute atomic E-state index is 12.3. The fourth-order valence-corrected chi connectivity index (χ4v) is 2.23. The molecule has 0 unspecified atom stereocenters. The molecule has 5 nitrogen and oxygen atoms in total. The highest BCUT2D eigenvalue weighted by Crippen LogP contribution is 2.21. The normalized spacial score (nSPS) is 10.7. The second kappa shape index (κ2) is 5.20. The van der Waals surface area contributed by atoms with Crippen LogP contribution in [0.5, 0.6) is 0 Å². The van der Waals surface area contributed by atoms with Crippen molar-refractivity contribution in [3.05, 3.63) is 59.9 Å². The van der Waals surface area contributed by atoms with E-state index in [1.165, 1.54) is 0 Å². The summed E-state index contributed by atoms with van der Waals surface area (Å²) in [5.74, 6) is 0.296. The third-order valence-electron chi connectivity index (χ3n) is 3.24. The molecule has 0 aliphatic heterocycles. The summed E-state index contributed by atoms with van der Waals surface area (Å²) < 4.78 is 0. The minimum absolute atomic E-state index is 0.0990. The quantitative estimate of drug-likeness (QED) is 0.716. The molecule has 0 fully saturated rings. The van der Waals surface area contributed by atoms with Crippen LogP contribution in [0.15, 0.2) is 48.7 Å². The molecule has 0 bridgehead atoms. The largest absolute Gasteiger partial charge is 0.398 e. The van der Waals surface area contributed by atoms with Crippen LogP contribution in [0.4, 0.5) is 11.5 Å². The second-order valence-electron chi connectivity index (χ2n) is 4.80. The Morgan fingerprint density at radius 2 is 1.90 bits per heavy atom. The van der Waals surface area contributed by atoms with Gasteiger partial charge in [-0.2, -0.15) is 0 Å². The van der Waals surface area contributed by atoms with Crippen molar-refractivity contribution in [2.45, 2.75) is 6.42 Å². The molecule has 4 N–H and O–H groups in total. The van der Waals surface area contributed by atoms with Crippen molar-refractivity contribution >= 4 is 28.2 Å². The number of nitrogens with zero attached hydrogens (tertiary/aromatic N) is 2. The zero-order chi connectivity index (χ0) is 14.8. The standard InChI is InChI=1S/C16H14N4O/c17-12-9-14(20-13-4-2-1-3-11(12)13)15(21)7-10-5-6-19-16(18)8-10/h1-6,8-9H,7H2,(H2,17,20)(H2,18,19). The highest BCUT2D eigenvalue weighted by Gasteiger charge is 2.12. The number of benzene rings is 1. The van der Waals surface area contributed by atoms with Crippen LogP contribution in [0.25, 0.3) is 10.9 Å². The van der Waals surface area contributed by atoms with Crippen LogP contribution in [0.3, 0.4) is 0 Å². The number of Topliss-reactive ketones (excluding diaryl/α,β-unsaturated/α-hetero) is 1. The number of fused-ring (bicyclic) bond motifs is 1. The van der Waals surface area contributed by atoms with Gasteiger partial charge in [0.2, 0.25) is 0 Å². The average Bonchev–Trinajstić information content (AvgIpc) is 2.47. The van der Waals surface area contributed by atoms with Gasteiger partial charge in [-0.15, -0.1) is 0 Å². The van der Waals surface area contributed by atoms with Gasteiger partial charge >= 0.3 is 0 Å². The lowest BCUT2D eigenvalue weighted by atomic mass is 10.1. The van der Waals surface area contributed by atoms with Crippen molar-refractivity contribution in [2.75, 3.05) is 11.5 Å². The molecule has 1 aromatic carbocycles. The second-order valence-corrected chi connectivity index (χ2v) is 4.80. The highest BCUT2D eigenvalue weighted by atomic mass is 16.1. The summed E-state index contributed by atoms with van der Waals surface area (Å²) in [6.07, 6.45) is 1.80. The van der Waals surface area contributed by atoms with E-state index in [0.717, 1.165) is 16.5 Å². The zero-order valence-corrected chi connectivity index (χ0v) is 11.3. The summed E-state index contributed by atoms with van der Waals surface area (Å²) in [4.78, 5) is 20.6. The number of nitrogen functional groups attached to an aromatic ring is 2. The number of rotatable bonds is 3. The predicted molar refractivity (Wildman–Crippen MR) is 82.8 cm³/mol. The summed E-state index contributed by atoms with van der Waals surface area (Å²) >= 11 is 0. The van der Waals surface area contributed by atoms with E-state index in [1.54, 1.807) is 24.4 Å². The fraction of sp³-hybridized carbons (Fsp3) is 0.0625. The maximum Gasteiger partial charge on any atom is 0.185 e. The number of hydrogen-bond acceptors (Lipinski definition) is 5. The molecule has 5 heteroatoms. The van der Waals surface area contributed by atoms with Gasteiger partial charge in [-0.25, -0.2) is 9.97 Å². The van der Waals surface area contributed by atoms with Crippen LogP contribution in [0.2, 0.25) is 0 Å². The molecule has 0 spiro atoms. The lowest BCUT2D eigenvalue weighted by Gasteiger charge is -2.06. The van der Waals surface area contributed by atoms with E-state index in [-0.39, 0.29) is 12.2 Å². The molecule has 3 rings (SSSR count). The average molecular weight is 278 g/mol. The highest BCUT2D eigenvalue weighted by molar-refractivity contribution is 6.01. The van der Waals surface area contributed by atoms with Gasteiger partial charge < -0.3 is 11.5 Å². The molecule has 3 aromatic rings. The third-order valence-corrected chi connectivity index (χ3v) is 3.24. The number of carbonyl (C=O) groups is 1. The van der Waals surface area contributed by atoms with Crippen LogP contribution < -0.4 is 11.5 Å². The minimum atomic E-state index is -0.0990. The topological polar surface area (TPSA) is 94.9 Å². The van der Waals surface area contributed by atoms with Gasteiger partial charge in [-0.05, 0) is 29.8 Å². The predicted octanol–water partition coefficient (Wildman–Crippen LogP) is 2.22. The number of para-hydroxylation sites is 1. The number of pyridine rings is 2. The van der Waals surface area contributed by atoms with Gasteiger partial charge in [0.25, 0.3) is 0 Å². The maximum atomic E-state index is 12.3. The van der Waals surface area contributed by atoms with E-state index < -0.39 is 0 Å². The van der Waals surface area contributed by atoms with Crippen molar-refractivity contribution in [1.29, 1.82) is 0 Å². The van der Waals surface area contributed by atoms with Crippen LogP contribution in [0, 0.1) is 0 Å². The van der Waals surface area contributed by atoms with Gasteiger partial charge in [-0.1, -0.05) is 18.2 Å². The molecule has 0 aliphatic carbocycles. The lowest BCUT2D eigenvalue weighted by Crippen LogP contribution is -2.08. The zero-order valence-electron chi connectivity index (χ0n) is 11.3. The van der Waals surface area contributed by atoms with E-state index in [9.17, 15) is 4.79 Å². The Morgan fingerprint density at radius 3 is 2.71 bits per heavy atom. The Morgan fingerprint density at radius 1 is 1.10 bits per heavy atom. The Labute approximate surface area is 121 Å². The van der Waals surface area contributed by atoms with E-state index in [4.69, 9.17) is 11.5 Å². The van der Waals surface area contributed by atoms with Crippen molar-refractivity contribution in [3.63, 3.8) is 0 Å². The first-order valence-electron chi connectivity index (χ1n) is 6.52. The molecule has 21 heavy (non-hydrogen) atoms. The van der Waals surface area contributed by atoms with Gasteiger partial charge in [0.05, 0.1) is 5.52 Å². The SMILES string of the molecule is Nc1cc(CC(=O)c2cc(N)c3ccccc3n2)ccn1. The number of anilines is 2. The first kappa shape index (κ1) is 13.1. The van der Waals surface area contributed by atoms with Crippen molar-refractivity contribution in [3.8, 4) is 0 Å². The molecule has 0 radical (unpaired) electrons. The van der Waals surface area contributed by atoms with Crippen molar-refractivity contribution in [2.24, 2.45) is 0 Å². The summed E-state index contributed by atoms with van der Waals surface area (Å²) in [7, 11) is 0. The number of hydrogen-bond donors (Lipinski definition) is 2. The lowest BCUT2D eigenvalue weighted by molar-refractivity contribution is 0.0988. The van der Waals surface area contributed by atoms with Crippen molar-refractivity contribution in [1.82, 2.24) is 9.97 Å². The molecule has 104 valence electrons. The van der Waals surface area contributed by atoms with Crippen LogP contribution in [-0.4, -0.2) is 15.8 Å². The number of nitrogens with two attached hydrogens (primary N) is 2. The van der Waals surface area contributed by atoms with Gasteiger partial charge in [-0.3, -0.25) is 4.79 Å². The van der Waals surface area contributed by atoms with Crippen LogP contribution in [-0.2, 0) is 6.42 Å². The van der Waals surface area contributed by atoms with E-state index in [1.807, 2.05) is 24.3 Å². The Kier molecular flexibility index (Phi) is 3.23. The van der Waals surface area contributed by atoms with Gasteiger partial charge in [0.1, 0.15) is 11.5 Å². The van der Waals surface area contributed by atoms with E-state index in [0.29, 0.717) is 17.2 Å². The van der Waals surface area contributed by atoms with Crippen LogP contribution >= 0.6 is 0 Å². The number of aromatic nitrogens is 2. The monoisotopic (exact) mass is 278 g/mol. The third kappa shape index (κ3) is 2.67. The Balaban J connectivity index is 1.94. The molecule has 2 aromatic heterocycles. The summed E-state index contributed by atoms with van der Waals surface area (Å²) in [6.45, 7) is 0. The molecule has 2 heterocycles. The number of ketones is 1. The number of carbonyl (C=O) groups excluding carboxylic acids is 1. The molecule has 0 aliphatic rings. The van der Waals surface area contributed by atoms with Gasteiger partial charge in [0.15, 0.2) is 5.78 Å². The summed E-state index contributed by atoms with van der Waals surface area (Å²) in [5.41, 5.74) is 14.0. The first-order chi connectivity index (χ1) is 10.1. The molecular weight excluding hydrogens is 264 g/mol. The van der Waals surface area contributed by atoms with E-state index >= 15 is 0 Å². The first-order valence-corrected chi connectivity index (χ1v) is 6.52. The fourth-order valence-electron chi connectivity index (χ4n) is 2.23. The van der Waals surface area contributed by atoms with Crippen LogP contribution in [0.1, 0.15) is 16.1 Å². The Hall–Kier alpha value is -2.95. The molecular formula is C16H14N4O. The minimum Gasteiger partial charge on any atom is -0.398 e. The summed E-state index contributed by atoms with van der Waals surface area (Å²) in [6, 6.07) is 12.5. The molecule has 0 amide bonds. The molecule has 0 saturated heterocycles. The molecule has 0 atom stereocenters. The van der Waals surface area contributed by atoms with E-state index in [2.05, 4.69) is 9.97 Å². The van der Waals surface area contributed by atoms with Crippen molar-refractivity contribution < 1.29 is 4.79 Å².